The van der Waals surface area contributed by atoms with Gasteiger partial charge >= 0.3 is 17.9 Å². The van der Waals surface area contributed by atoms with Crippen LogP contribution < -0.4 is 0 Å². The number of rotatable bonds is 8. The third kappa shape index (κ3) is 6.37. The summed E-state index contributed by atoms with van der Waals surface area (Å²) in [5, 5.41) is 0. The minimum Gasteiger partial charge on any atom is -0.461 e. The van der Waals surface area contributed by atoms with Crippen LogP contribution in [0.1, 0.15) is 13.3 Å². The number of carbonyl (C=O) groups excluding carboxylic acids is 3. The van der Waals surface area contributed by atoms with E-state index in [2.05, 4.69) is 9.47 Å². The summed E-state index contributed by atoms with van der Waals surface area (Å²) in [5.41, 5.74) is 0. The van der Waals surface area contributed by atoms with E-state index in [1.807, 2.05) is 0 Å². The maximum atomic E-state index is 11.5. The number of esters is 3. The van der Waals surface area contributed by atoms with Gasteiger partial charge in [0.2, 0.25) is 6.29 Å². The van der Waals surface area contributed by atoms with E-state index in [0.29, 0.717) is 0 Å². The second-order valence-corrected chi connectivity index (χ2v) is 4.53. The number of methoxy groups -OCH3 is 2. The third-order valence-electron chi connectivity index (χ3n) is 2.68. The smallest absolute Gasteiger partial charge is 0.332 e. The Morgan fingerprint density at radius 2 is 1.68 bits per heavy atom. The summed E-state index contributed by atoms with van der Waals surface area (Å²) in [6.45, 7) is 0.672. The molecule has 0 bridgehead atoms. The van der Waals surface area contributed by atoms with Gasteiger partial charge in [0.15, 0.2) is 0 Å². The highest BCUT2D eigenvalue weighted by molar-refractivity contribution is 5.71. The number of hydrogen-bond acceptors (Lipinski definition) is 9. The lowest BCUT2D eigenvalue weighted by atomic mass is 10.2. The van der Waals surface area contributed by atoms with Gasteiger partial charge in [-0.1, -0.05) is 0 Å². The normalized spacial score (nSPS) is 23.9. The summed E-state index contributed by atoms with van der Waals surface area (Å²) < 4.78 is 29.7. The first-order valence-electron chi connectivity index (χ1n) is 6.62. The van der Waals surface area contributed by atoms with Crippen LogP contribution in [0.4, 0.5) is 0 Å². The summed E-state index contributed by atoms with van der Waals surface area (Å²) >= 11 is 0. The first kappa shape index (κ1) is 18.3. The van der Waals surface area contributed by atoms with Crippen LogP contribution in [0.5, 0.6) is 0 Å². The maximum Gasteiger partial charge on any atom is 0.332 e. The summed E-state index contributed by atoms with van der Waals surface area (Å²) in [6, 6.07) is 0. The summed E-state index contributed by atoms with van der Waals surface area (Å²) in [7, 11) is 2.72. The molecule has 0 radical (unpaired) electrons. The molecule has 0 aromatic rings. The molecule has 22 heavy (non-hydrogen) atoms. The maximum absolute atomic E-state index is 11.5. The second kappa shape index (κ2) is 9.34. The summed E-state index contributed by atoms with van der Waals surface area (Å²) in [5.74, 6) is -1.69. The molecule has 9 nitrogen and oxygen atoms in total. The molecule has 1 heterocycles. The Hall–Kier alpha value is -1.71. The average Bonchev–Trinajstić information content (AvgIpc) is 2.78. The number of carbonyl (C=O) groups is 3. The molecule has 1 rings (SSSR count). The minimum absolute atomic E-state index is 0.148. The van der Waals surface area contributed by atoms with Gasteiger partial charge in [-0.05, 0) is 0 Å². The van der Waals surface area contributed by atoms with E-state index in [1.54, 1.807) is 0 Å². The van der Waals surface area contributed by atoms with Crippen molar-refractivity contribution < 1.29 is 42.8 Å². The molecule has 9 heteroatoms. The van der Waals surface area contributed by atoms with Crippen molar-refractivity contribution in [2.24, 2.45) is 0 Å². The van der Waals surface area contributed by atoms with Gasteiger partial charge in [-0.25, -0.2) is 9.59 Å². The Morgan fingerprint density at radius 3 is 2.27 bits per heavy atom. The fourth-order valence-corrected chi connectivity index (χ4v) is 1.87. The molecule has 0 spiro atoms. The van der Waals surface area contributed by atoms with Crippen LogP contribution in [0.25, 0.3) is 0 Å². The van der Waals surface area contributed by atoms with Crippen LogP contribution in [0.2, 0.25) is 0 Å². The fourth-order valence-electron chi connectivity index (χ4n) is 1.87. The van der Waals surface area contributed by atoms with Crippen LogP contribution in [0, 0.1) is 0 Å². The van der Waals surface area contributed by atoms with Gasteiger partial charge in [-0.3, -0.25) is 4.79 Å². The molecule has 1 aliphatic rings. The third-order valence-corrected chi connectivity index (χ3v) is 2.68. The van der Waals surface area contributed by atoms with Crippen molar-refractivity contribution in [1.29, 1.82) is 0 Å². The van der Waals surface area contributed by atoms with Gasteiger partial charge in [0.25, 0.3) is 0 Å². The van der Waals surface area contributed by atoms with E-state index >= 15 is 0 Å². The Labute approximate surface area is 127 Å². The zero-order valence-electron chi connectivity index (χ0n) is 12.7. The SMILES string of the molecule is COCC(=O)OC[C@H]1OC(OC(C)=O)C[C@@H]1OC(=O)COC. The zero-order valence-corrected chi connectivity index (χ0v) is 12.7. The molecule has 0 aromatic heterocycles. The van der Waals surface area contributed by atoms with E-state index in [4.69, 9.17) is 18.9 Å². The van der Waals surface area contributed by atoms with Crippen LogP contribution in [0.15, 0.2) is 0 Å². The molecule has 1 saturated heterocycles. The Morgan fingerprint density at radius 1 is 1.05 bits per heavy atom. The van der Waals surface area contributed by atoms with Crippen molar-refractivity contribution in [3.8, 4) is 0 Å². The first-order chi connectivity index (χ1) is 10.5. The number of hydrogen-bond donors (Lipinski definition) is 0. The molecule has 0 aromatic carbocycles. The van der Waals surface area contributed by atoms with Crippen molar-refractivity contribution in [2.45, 2.75) is 31.8 Å². The number of ether oxygens (including phenoxy) is 6. The molecule has 0 amide bonds. The standard InChI is InChI=1S/C13H20O9/c1-8(14)20-13-4-9(21-12(16)7-18-3)10(22-13)5-19-11(15)6-17-2/h9-10,13H,4-7H2,1-3H3/t9-,10+,13?/m0/s1. The van der Waals surface area contributed by atoms with Crippen LogP contribution >= 0.6 is 0 Å². The molecule has 1 unspecified atom stereocenters. The minimum atomic E-state index is -0.857. The first-order valence-corrected chi connectivity index (χ1v) is 6.62. The van der Waals surface area contributed by atoms with E-state index in [9.17, 15) is 14.4 Å². The zero-order chi connectivity index (χ0) is 16.5. The van der Waals surface area contributed by atoms with Gasteiger partial charge in [0, 0.05) is 21.1 Å². The lowest BCUT2D eigenvalue weighted by Crippen LogP contribution is -2.33. The largest absolute Gasteiger partial charge is 0.461 e. The molecule has 0 aliphatic carbocycles. The van der Waals surface area contributed by atoms with Gasteiger partial charge < -0.3 is 28.4 Å². The average molecular weight is 320 g/mol. The van der Waals surface area contributed by atoms with Gasteiger partial charge in [0.05, 0.1) is 6.42 Å². The van der Waals surface area contributed by atoms with Crippen molar-refractivity contribution in [1.82, 2.24) is 0 Å². The van der Waals surface area contributed by atoms with Crippen molar-refractivity contribution in [3.05, 3.63) is 0 Å². The summed E-state index contributed by atoms with van der Waals surface area (Å²) in [6.07, 6.45) is -2.14. The molecule has 0 saturated carbocycles. The molecule has 126 valence electrons. The highest BCUT2D eigenvalue weighted by Gasteiger charge is 2.40. The monoisotopic (exact) mass is 320 g/mol. The van der Waals surface area contributed by atoms with E-state index < -0.39 is 36.4 Å². The molecular weight excluding hydrogens is 300 g/mol. The van der Waals surface area contributed by atoms with Crippen LogP contribution in [-0.4, -0.2) is 70.4 Å². The molecule has 1 fully saturated rings. The van der Waals surface area contributed by atoms with Crippen molar-refractivity contribution >= 4 is 17.9 Å². The van der Waals surface area contributed by atoms with Gasteiger partial charge in [-0.15, -0.1) is 0 Å². The Bertz CT molecular complexity index is 395. The second-order valence-electron chi connectivity index (χ2n) is 4.53. The highest BCUT2D eigenvalue weighted by Crippen LogP contribution is 2.25. The van der Waals surface area contributed by atoms with E-state index in [0.717, 1.165) is 0 Å². The molecule has 3 atom stereocenters. The molecular formula is C13H20O9. The lowest BCUT2D eigenvalue weighted by molar-refractivity contribution is -0.181. The van der Waals surface area contributed by atoms with Gasteiger partial charge in [-0.2, -0.15) is 0 Å². The van der Waals surface area contributed by atoms with Crippen LogP contribution in [-0.2, 0) is 42.8 Å². The van der Waals surface area contributed by atoms with Crippen molar-refractivity contribution in [3.63, 3.8) is 0 Å². The molecule has 0 N–H and O–H groups in total. The quantitative estimate of drug-likeness (QED) is 0.428. The van der Waals surface area contributed by atoms with Crippen LogP contribution in [0.3, 0.4) is 0 Å². The summed E-state index contributed by atoms with van der Waals surface area (Å²) in [4.78, 5) is 33.7. The highest BCUT2D eigenvalue weighted by atomic mass is 16.7. The topological polar surface area (TPSA) is 107 Å². The molecule has 1 aliphatic heterocycles. The predicted molar refractivity (Wildman–Crippen MR) is 69.6 cm³/mol. The predicted octanol–water partition coefficient (Wildman–Crippen LogP) is -0.588. The Balaban J connectivity index is 2.56. The van der Waals surface area contributed by atoms with Crippen molar-refractivity contribution in [2.75, 3.05) is 34.0 Å². The fraction of sp³-hybridized carbons (Fsp3) is 0.769. The Kier molecular flexibility index (Phi) is 7.78. The lowest BCUT2D eigenvalue weighted by Gasteiger charge is -2.18. The van der Waals surface area contributed by atoms with E-state index in [1.165, 1.54) is 21.1 Å². The van der Waals surface area contributed by atoms with E-state index in [-0.39, 0.29) is 26.2 Å². The van der Waals surface area contributed by atoms with Gasteiger partial charge in [0.1, 0.15) is 32.0 Å².